The molecule has 0 bridgehead atoms. The minimum Gasteiger partial charge on any atom is -0.494 e. The van der Waals surface area contributed by atoms with E-state index in [1.54, 1.807) is 7.11 Å². The van der Waals surface area contributed by atoms with Gasteiger partial charge < -0.3 is 20.1 Å². The fraction of sp³-hybridized carbons (Fsp3) is 0.562. The van der Waals surface area contributed by atoms with Gasteiger partial charge in [0.1, 0.15) is 5.75 Å². The Balaban J connectivity index is 2.60. The van der Waals surface area contributed by atoms with Gasteiger partial charge >= 0.3 is 0 Å². The van der Waals surface area contributed by atoms with Gasteiger partial charge in [0, 0.05) is 19.2 Å². The number of methoxy groups -OCH3 is 1. The van der Waals surface area contributed by atoms with E-state index in [2.05, 4.69) is 10.6 Å². The average Bonchev–Trinajstić information content (AvgIpc) is 2.50. The Morgan fingerprint density at radius 3 is 2.71 bits per heavy atom. The lowest BCUT2D eigenvalue weighted by Crippen LogP contribution is -2.37. The van der Waals surface area contributed by atoms with Crippen molar-refractivity contribution in [2.45, 2.75) is 26.3 Å². The van der Waals surface area contributed by atoms with Crippen LogP contribution in [-0.2, 0) is 9.53 Å². The van der Waals surface area contributed by atoms with Gasteiger partial charge in [-0.1, -0.05) is 25.1 Å². The summed E-state index contributed by atoms with van der Waals surface area (Å²) in [6.45, 7) is 6.16. The minimum absolute atomic E-state index is 0.0238. The van der Waals surface area contributed by atoms with Gasteiger partial charge in [-0.3, -0.25) is 4.79 Å². The van der Waals surface area contributed by atoms with Crippen LogP contribution < -0.4 is 15.4 Å². The van der Waals surface area contributed by atoms with Gasteiger partial charge in [0.15, 0.2) is 0 Å². The minimum atomic E-state index is -0.0375. The summed E-state index contributed by atoms with van der Waals surface area (Å²) in [6.07, 6.45) is 0.813. The van der Waals surface area contributed by atoms with Crippen LogP contribution in [0.4, 0.5) is 0 Å². The molecule has 0 aromatic heterocycles. The SMILES string of the molecule is CCOc1ccccc1C(CC)NC(=O)CNCCOC. The molecule has 5 heteroatoms. The molecule has 0 aliphatic rings. The van der Waals surface area contributed by atoms with Crippen LogP contribution in [0.5, 0.6) is 5.75 Å². The van der Waals surface area contributed by atoms with Crippen molar-refractivity contribution in [3.63, 3.8) is 0 Å². The zero-order valence-electron chi connectivity index (χ0n) is 13.1. The van der Waals surface area contributed by atoms with Crippen molar-refractivity contribution >= 4 is 5.91 Å². The van der Waals surface area contributed by atoms with Crippen molar-refractivity contribution in [1.29, 1.82) is 0 Å². The molecule has 118 valence electrons. The first-order valence-electron chi connectivity index (χ1n) is 7.43. The number of carbonyl (C=O) groups excluding carboxylic acids is 1. The highest BCUT2D eigenvalue weighted by Crippen LogP contribution is 2.27. The molecule has 1 rings (SSSR count). The van der Waals surface area contributed by atoms with Crippen LogP contribution in [-0.4, -0.2) is 39.3 Å². The topological polar surface area (TPSA) is 59.6 Å². The molecule has 1 aromatic rings. The van der Waals surface area contributed by atoms with Crippen LogP contribution in [0.2, 0.25) is 0 Å². The van der Waals surface area contributed by atoms with Gasteiger partial charge in [-0.2, -0.15) is 0 Å². The summed E-state index contributed by atoms with van der Waals surface area (Å²) in [4.78, 5) is 12.0. The second kappa shape index (κ2) is 10.2. The third-order valence-electron chi connectivity index (χ3n) is 3.11. The average molecular weight is 294 g/mol. The van der Waals surface area contributed by atoms with E-state index in [1.165, 1.54) is 0 Å². The van der Waals surface area contributed by atoms with Crippen molar-refractivity contribution < 1.29 is 14.3 Å². The second-order valence-corrected chi connectivity index (χ2v) is 4.67. The molecule has 0 aliphatic carbocycles. The molecule has 1 atom stereocenters. The Hall–Kier alpha value is -1.59. The molecular weight excluding hydrogens is 268 g/mol. The highest BCUT2D eigenvalue weighted by Gasteiger charge is 2.16. The Morgan fingerprint density at radius 1 is 1.29 bits per heavy atom. The maximum atomic E-state index is 12.0. The molecule has 0 aliphatic heterocycles. The molecule has 1 aromatic carbocycles. The van der Waals surface area contributed by atoms with Crippen LogP contribution in [0.3, 0.4) is 0 Å². The Labute approximate surface area is 127 Å². The quantitative estimate of drug-likeness (QED) is 0.647. The first-order chi connectivity index (χ1) is 10.2. The monoisotopic (exact) mass is 294 g/mol. The molecule has 5 nitrogen and oxygen atoms in total. The number of hydrogen-bond donors (Lipinski definition) is 2. The lowest BCUT2D eigenvalue weighted by atomic mass is 10.0. The van der Waals surface area contributed by atoms with Crippen LogP contribution in [0, 0.1) is 0 Å². The fourth-order valence-electron chi connectivity index (χ4n) is 2.08. The molecule has 0 fully saturated rings. The maximum absolute atomic E-state index is 12.0. The number of benzene rings is 1. The summed E-state index contributed by atoms with van der Waals surface area (Å²) in [5.41, 5.74) is 1.02. The predicted molar refractivity (Wildman–Crippen MR) is 83.5 cm³/mol. The number of ether oxygens (including phenoxy) is 2. The lowest BCUT2D eigenvalue weighted by Gasteiger charge is -2.20. The largest absolute Gasteiger partial charge is 0.494 e. The number of amides is 1. The predicted octanol–water partition coefficient (Wildman–Crippen LogP) is 1.89. The van der Waals surface area contributed by atoms with Crippen molar-refractivity contribution in [2.75, 3.05) is 33.4 Å². The summed E-state index contributed by atoms with van der Waals surface area (Å²) in [5, 5.41) is 6.07. The van der Waals surface area contributed by atoms with Crippen molar-refractivity contribution in [1.82, 2.24) is 10.6 Å². The molecule has 0 saturated carbocycles. The number of carbonyl (C=O) groups is 1. The van der Waals surface area contributed by atoms with E-state index < -0.39 is 0 Å². The van der Waals surface area contributed by atoms with E-state index in [0.717, 1.165) is 17.7 Å². The fourth-order valence-corrected chi connectivity index (χ4v) is 2.08. The zero-order valence-corrected chi connectivity index (χ0v) is 13.1. The summed E-state index contributed by atoms with van der Waals surface area (Å²) >= 11 is 0. The van der Waals surface area contributed by atoms with E-state index in [9.17, 15) is 4.79 Å². The smallest absolute Gasteiger partial charge is 0.234 e. The normalized spacial score (nSPS) is 12.0. The molecule has 0 spiro atoms. The number of rotatable bonds is 10. The number of para-hydroxylation sites is 1. The molecule has 0 saturated heterocycles. The van der Waals surface area contributed by atoms with Crippen molar-refractivity contribution in [2.24, 2.45) is 0 Å². The van der Waals surface area contributed by atoms with Crippen molar-refractivity contribution in [3.8, 4) is 5.75 Å². The van der Waals surface area contributed by atoms with E-state index in [1.807, 2.05) is 38.1 Å². The number of nitrogens with one attached hydrogen (secondary N) is 2. The van der Waals surface area contributed by atoms with Crippen molar-refractivity contribution in [3.05, 3.63) is 29.8 Å². The summed E-state index contributed by atoms with van der Waals surface area (Å²) in [6, 6.07) is 7.80. The van der Waals surface area contributed by atoms with Gasteiger partial charge in [-0.05, 0) is 19.4 Å². The van der Waals surface area contributed by atoms with Crippen LogP contribution in [0.25, 0.3) is 0 Å². The highest BCUT2D eigenvalue weighted by molar-refractivity contribution is 5.78. The van der Waals surface area contributed by atoms with Crippen LogP contribution in [0.1, 0.15) is 31.9 Å². The first kappa shape index (κ1) is 17.5. The van der Waals surface area contributed by atoms with Gasteiger partial charge in [-0.25, -0.2) is 0 Å². The molecule has 1 amide bonds. The molecule has 21 heavy (non-hydrogen) atoms. The third kappa shape index (κ3) is 6.14. The maximum Gasteiger partial charge on any atom is 0.234 e. The van der Waals surface area contributed by atoms with E-state index in [0.29, 0.717) is 19.8 Å². The summed E-state index contributed by atoms with van der Waals surface area (Å²) < 4.78 is 10.6. The molecule has 0 heterocycles. The Bertz CT molecular complexity index is 424. The third-order valence-corrected chi connectivity index (χ3v) is 3.11. The lowest BCUT2D eigenvalue weighted by molar-refractivity contribution is -0.121. The molecule has 2 N–H and O–H groups in total. The Morgan fingerprint density at radius 2 is 2.05 bits per heavy atom. The number of hydrogen-bond acceptors (Lipinski definition) is 4. The van der Waals surface area contributed by atoms with Gasteiger partial charge in [0.2, 0.25) is 5.91 Å². The summed E-state index contributed by atoms with van der Waals surface area (Å²) in [7, 11) is 1.64. The van der Waals surface area contributed by atoms with Gasteiger partial charge in [-0.15, -0.1) is 0 Å². The Kier molecular flexibility index (Phi) is 8.47. The van der Waals surface area contributed by atoms with E-state index in [-0.39, 0.29) is 18.5 Å². The second-order valence-electron chi connectivity index (χ2n) is 4.67. The molecule has 0 radical (unpaired) electrons. The zero-order chi connectivity index (χ0) is 15.5. The van der Waals surface area contributed by atoms with Crippen LogP contribution in [0.15, 0.2) is 24.3 Å². The van der Waals surface area contributed by atoms with E-state index >= 15 is 0 Å². The first-order valence-corrected chi connectivity index (χ1v) is 7.43. The van der Waals surface area contributed by atoms with E-state index in [4.69, 9.17) is 9.47 Å². The molecule has 1 unspecified atom stereocenters. The van der Waals surface area contributed by atoms with Gasteiger partial charge in [0.05, 0.1) is 25.8 Å². The highest BCUT2D eigenvalue weighted by atomic mass is 16.5. The molecular formula is C16H26N2O3. The standard InChI is InChI=1S/C16H26N2O3/c1-4-14(18-16(19)12-17-10-11-20-3)13-8-6-7-9-15(13)21-5-2/h6-9,14,17H,4-5,10-12H2,1-3H3,(H,18,19). The van der Waals surface area contributed by atoms with Gasteiger partial charge in [0.25, 0.3) is 0 Å². The van der Waals surface area contributed by atoms with Crippen LogP contribution >= 0.6 is 0 Å². The summed E-state index contributed by atoms with van der Waals surface area (Å²) in [5.74, 6) is 0.809.